The van der Waals surface area contributed by atoms with E-state index in [1.807, 2.05) is 27.9 Å². The molecule has 14 heavy (non-hydrogen) atoms. The van der Waals surface area contributed by atoms with Crippen LogP contribution in [0.4, 0.5) is 0 Å². The molecule has 0 radical (unpaired) electrons. The molecule has 0 spiro atoms. The van der Waals surface area contributed by atoms with Crippen molar-refractivity contribution in [2.45, 2.75) is 26.4 Å². The maximum Gasteiger partial charge on any atom is 0.106 e. The summed E-state index contributed by atoms with van der Waals surface area (Å²) in [6, 6.07) is 0. The molecular weight excluding hydrogens is 178 g/mol. The van der Waals surface area contributed by atoms with Crippen LogP contribution >= 0.6 is 0 Å². The summed E-state index contributed by atoms with van der Waals surface area (Å²) in [5.74, 6) is 0.828. The third-order valence-corrected chi connectivity index (χ3v) is 2.40. The van der Waals surface area contributed by atoms with Crippen LogP contribution in [0.15, 0.2) is 10.7 Å². The summed E-state index contributed by atoms with van der Waals surface area (Å²) >= 11 is 0. The van der Waals surface area contributed by atoms with Gasteiger partial charge in [0.1, 0.15) is 5.76 Å². The highest BCUT2D eigenvalue weighted by Crippen LogP contribution is 2.25. The first-order valence-corrected chi connectivity index (χ1v) is 4.89. The molecule has 80 valence electrons. The first-order valence-electron chi connectivity index (χ1n) is 4.89. The fourth-order valence-electron chi connectivity index (χ4n) is 1.60. The van der Waals surface area contributed by atoms with E-state index < -0.39 is 6.10 Å². The number of nitrogens with zero attached hydrogens (tertiary/aromatic N) is 1. The van der Waals surface area contributed by atoms with Gasteiger partial charge in [0.2, 0.25) is 0 Å². The van der Waals surface area contributed by atoms with Gasteiger partial charge in [-0.1, -0.05) is 0 Å². The average molecular weight is 197 g/mol. The maximum atomic E-state index is 9.93. The van der Waals surface area contributed by atoms with Gasteiger partial charge in [-0.2, -0.15) is 0 Å². The fourth-order valence-corrected chi connectivity index (χ4v) is 1.60. The van der Waals surface area contributed by atoms with Gasteiger partial charge in [0.15, 0.2) is 0 Å². The Morgan fingerprint density at radius 1 is 1.43 bits per heavy atom. The van der Waals surface area contributed by atoms with Gasteiger partial charge < -0.3 is 14.4 Å². The van der Waals surface area contributed by atoms with Gasteiger partial charge in [0.25, 0.3) is 0 Å². The van der Waals surface area contributed by atoms with Gasteiger partial charge in [-0.3, -0.25) is 0 Å². The summed E-state index contributed by atoms with van der Waals surface area (Å²) in [4.78, 5) is 2.06. The zero-order valence-corrected chi connectivity index (χ0v) is 9.37. The van der Waals surface area contributed by atoms with Crippen molar-refractivity contribution in [3.8, 4) is 0 Å². The molecule has 1 heterocycles. The van der Waals surface area contributed by atoms with E-state index in [0.29, 0.717) is 0 Å². The number of aliphatic hydroxyl groups excluding tert-OH is 1. The van der Waals surface area contributed by atoms with Gasteiger partial charge in [-0.15, -0.1) is 0 Å². The second kappa shape index (κ2) is 4.62. The molecule has 0 fully saturated rings. The Balaban J connectivity index is 2.64. The quantitative estimate of drug-likeness (QED) is 0.800. The van der Waals surface area contributed by atoms with Crippen LogP contribution in [-0.4, -0.2) is 30.6 Å². The van der Waals surface area contributed by atoms with E-state index in [1.54, 1.807) is 6.26 Å². The molecule has 0 aromatic carbocycles. The second-order valence-electron chi connectivity index (χ2n) is 4.00. The Kier molecular flexibility index (Phi) is 3.72. The highest BCUT2D eigenvalue weighted by Gasteiger charge is 2.16. The fraction of sp³-hybridized carbons (Fsp3) is 0.636. The van der Waals surface area contributed by atoms with E-state index in [4.69, 9.17) is 4.42 Å². The van der Waals surface area contributed by atoms with Crippen molar-refractivity contribution >= 4 is 0 Å². The van der Waals surface area contributed by atoms with Crippen molar-refractivity contribution < 1.29 is 9.52 Å². The summed E-state index contributed by atoms with van der Waals surface area (Å²) in [7, 11) is 4.00. The van der Waals surface area contributed by atoms with Crippen LogP contribution in [0.3, 0.4) is 0 Å². The summed E-state index contributed by atoms with van der Waals surface area (Å²) in [5, 5.41) is 9.93. The van der Waals surface area contributed by atoms with E-state index in [1.165, 1.54) is 0 Å². The lowest BCUT2D eigenvalue weighted by Crippen LogP contribution is -2.16. The van der Waals surface area contributed by atoms with E-state index in [2.05, 4.69) is 4.90 Å². The van der Waals surface area contributed by atoms with Gasteiger partial charge in [0.05, 0.1) is 12.4 Å². The molecule has 0 aliphatic heterocycles. The Labute approximate surface area is 85.3 Å². The van der Waals surface area contributed by atoms with E-state index in [-0.39, 0.29) is 0 Å². The van der Waals surface area contributed by atoms with Crippen molar-refractivity contribution in [2.75, 3.05) is 20.6 Å². The topological polar surface area (TPSA) is 36.6 Å². The third-order valence-electron chi connectivity index (χ3n) is 2.40. The minimum Gasteiger partial charge on any atom is -0.469 e. The van der Waals surface area contributed by atoms with Crippen LogP contribution in [0.1, 0.15) is 29.4 Å². The van der Waals surface area contributed by atoms with Crippen molar-refractivity contribution in [3.05, 3.63) is 23.2 Å². The molecule has 1 atom stereocenters. The summed E-state index contributed by atoms with van der Waals surface area (Å²) < 4.78 is 5.25. The monoisotopic (exact) mass is 197 g/mol. The predicted molar refractivity (Wildman–Crippen MR) is 56.3 cm³/mol. The Morgan fingerprint density at radius 3 is 2.50 bits per heavy atom. The van der Waals surface area contributed by atoms with Gasteiger partial charge >= 0.3 is 0 Å². The summed E-state index contributed by atoms with van der Waals surface area (Å²) in [6.45, 7) is 4.73. The molecule has 1 N–H and O–H groups in total. The number of aryl methyl sites for hydroxylation is 2. The highest BCUT2D eigenvalue weighted by atomic mass is 16.3. The summed E-state index contributed by atoms with van der Waals surface area (Å²) in [6.07, 6.45) is 2.04. The molecule has 0 amide bonds. The van der Waals surface area contributed by atoms with Crippen molar-refractivity contribution in [2.24, 2.45) is 0 Å². The first kappa shape index (κ1) is 11.3. The van der Waals surface area contributed by atoms with Gasteiger partial charge in [-0.05, 0) is 39.9 Å². The minimum atomic E-state index is -0.406. The molecule has 1 rings (SSSR count). The molecular formula is C11H19NO2. The highest BCUT2D eigenvalue weighted by molar-refractivity contribution is 5.28. The normalized spacial score (nSPS) is 13.6. The molecule has 0 aliphatic carbocycles. The molecule has 0 bridgehead atoms. The van der Waals surface area contributed by atoms with E-state index in [0.717, 1.165) is 29.9 Å². The average Bonchev–Trinajstić information content (AvgIpc) is 2.42. The standard InChI is InChI=1S/C11H19NO2/c1-8-7-14-9(2)11(8)10(13)5-6-12(3)4/h7,10,13H,5-6H2,1-4H3. The summed E-state index contributed by atoms with van der Waals surface area (Å²) in [5.41, 5.74) is 1.99. The van der Waals surface area contributed by atoms with Crippen molar-refractivity contribution in [3.63, 3.8) is 0 Å². The zero-order chi connectivity index (χ0) is 10.7. The van der Waals surface area contributed by atoms with Crippen LogP contribution < -0.4 is 0 Å². The number of hydrogen-bond acceptors (Lipinski definition) is 3. The Hall–Kier alpha value is -0.800. The smallest absolute Gasteiger partial charge is 0.106 e. The zero-order valence-electron chi connectivity index (χ0n) is 9.37. The molecule has 1 unspecified atom stereocenters. The second-order valence-corrected chi connectivity index (χ2v) is 4.00. The lowest BCUT2D eigenvalue weighted by molar-refractivity contribution is 0.152. The number of rotatable bonds is 4. The van der Waals surface area contributed by atoms with Crippen LogP contribution in [-0.2, 0) is 0 Å². The van der Waals surface area contributed by atoms with Crippen molar-refractivity contribution in [1.29, 1.82) is 0 Å². The molecule has 1 aromatic rings. The van der Waals surface area contributed by atoms with Gasteiger partial charge in [0, 0.05) is 12.1 Å². The molecule has 0 saturated heterocycles. The van der Waals surface area contributed by atoms with Crippen molar-refractivity contribution in [1.82, 2.24) is 4.90 Å². The van der Waals surface area contributed by atoms with Crippen LogP contribution in [0.25, 0.3) is 0 Å². The van der Waals surface area contributed by atoms with Gasteiger partial charge in [-0.25, -0.2) is 0 Å². The predicted octanol–water partition coefficient (Wildman–Crippen LogP) is 1.88. The van der Waals surface area contributed by atoms with E-state index >= 15 is 0 Å². The van der Waals surface area contributed by atoms with Crippen LogP contribution in [0.5, 0.6) is 0 Å². The SMILES string of the molecule is Cc1coc(C)c1C(O)CCN(C)C. The first-order chi connectivity index (χ1) is 6.52. The largest absolute Gasteiger partial charge is 0.469 e. The Morgan fingerprint density at radius 2 is 2.07 bits per heavy atom. The van der Waals surface area contributed by atoms with E-state index in [9.17, 15) is 5.11 Å². The molecule has 0 aliphatic rings. The Bertz CT molecular complexity index is 272. The number of hydrogen-bond donors (Lipinski definition) is 1. The number of aliphatic hydroxyl groups is 1. The molecule has 3 heteroatoms. The van der Waals surface area contributed by atoms with Crippen LogP contribution in [0.2, 0.25) is 0 Å². The minimum absolute atomic E-state index is 0.406. The molecule has 3 nitrogen and oxygen atoms in total. The molecule has 1 aromatic heterocycles. The lowest BCUT2D eigenvalue weighted by Gasteiger charge is -2.14. The van der Waals surface area contributed by atoms with Crippen LogP contribution in [0, 0.1) is 13.8 Å². The third kappa shape index (κ3) is 2.59. The maximum absolute atomic E-state index is 9.93. The number of furan rings is 1. The molecule has 0 saturated carbocycles. The lowest BCUT2D eigenvalue weighted by atomic mass is 10.0.